The normalized spacial score (nSPS) is 10.5. The number of carbonyl (C=O) groups is 1. The molecule has 1 aromatic carbocycles. The third-order valence-electron chi connectivity index (χ3n) is 3.40. The van der Waals surface area contributed by atoms with Crippen molar-refractivity contribution in [1.29, 1.82) is 0 Å². The van der Waals surface area contributed by atoms with Gasteiger partial charge in [0, 0.05) is 26.3 Å². The van der Waals surface area contributed by atoms with Gasteiger partial charge >= 0.3 is 0 Å². The smallest absolute Gasteiger partial charge is 0.274 e. The first-order chi connectivity index (χ1) is 11.5. The van der Waals surface area contributed by atoms with Crippen molar-refractivity contribution in [2.45, 2.75) is 20.3 Å². The summed E-state index contributed by atoms with van der Waals surface area (Å²) in [7, 11) is 1.66. The van der Waals surface area contributed by atoms with Crippen LogP contribution in [-0.4, -0.2) is 36.1 Å². The number of anilines is 2. The molecule has 6 nitrogen and oxygen atoms in total. The molecular formula is C17H21ClN4O2. The first-order valence-electron chi connectivity index (χ1n) is 7.64. The molecule has 1 heterocycles. The highest BCUT2D eigenvalue weighted by Crippen LogP contribution is 2.27. The first-order valence-corrected chi connectivity index (χ1v) is 8.02. The van der Waals surface area contributed by atoms with Crippen molar-refractivity contribution < 1.29 is 9.53 Å². The number of aromatic nitrogens is 2. The molecule has 0 saturated carbocycles. The third kappa shape index (κ3) is 4.91. The molecule has 0 atom stereocenters. The lowest BCUT2D eigenvalue weighted by Crippen LogP contribution is -2.16. The summed E-state index contributed by atoms with van der Waals surface area (Å²) in [4.78, 5) is 20.6. The van der Waals surface area contributed by atoms with E-state index in [1.165, 1.54) is 6.33 Å². The van der Waals surface area contributed by atoms with Crippen LogP contribution < -0.4 is 10.6 Å². The van der Waals surface area contributed by atoms with Crippen LogP contribution in [0, 0.1) is 13.8 Å². The maximum Gasteiger partial charge on any atom is 0.274 e. The van der Waals surface area contributed by atoms with Gasteiger partial charge in [0.15, 0.2) is 0 Å². The lowest BCUT2D eigenvalue weighted by Gasteiger charge is -2.12. The van der Waals surface area contributed by atoms with E-state index in [9.17, 15) is 4.79 Å². The van der Waals surface area contributed by atoms with Crippen molar-refractivity contribution in [2.24, 2.45) is 0 Å². The molecule has 0 unspecified atom stereocenters. The van der Waals surface area contributed by atoms with Crippen LogP contribution in [0.15, 0.2) is 24.5 Å². The van der Waals surface area contributed by atoms with Gasteiger partial charge in [-0.05, 0) is 37.5 Å². The van der Waals surface area contributed by atoms with Gasteiger partial charge in [0.2, 0.25) is 0 Å². The summed E-state index contributed by atoms with van der Waals surface area (Å²) in [5.74, 6) is 0.268. The van der Waals surface area contributed by atoms with Crippen molar-refractivity contribution in [3.8, 4) is 0 Å². The van der Waals surface area contributed by atoms with Crippen LogP contribution in [0.25, 0.3) is 0 Å². The van der Waals surface area contributed by atoms with Gasteiger partial charge in [-0.15, -0.1) is 0 Å². The quantitative estimate of drug-likeness (QED) is 0.749. The van der Waals surface area contributed by atoms with E-state index in [-0.39, 0.29) is 11.6 Å². The SMILES string of the molecule is COCCCNc1cc(C(=O)Nc2c(C)cc(C)cc2Cl)ncn1. The second kappa shape index (κ2) is 8.61. The Morgan fingerprint density at radius 1 is 1.25 bits per heavy atom. The maximum absolute atomic E-state index is 12.4. The maximum atomic E-state index is 12.4. The lowest BCUT2D eigenvalue weighted by molar-refractivity contribution is 0.102. The molecular weight excluding hydrogens is 328 g/mol. The van der Waals surface area contributed by atoms with E-state index < -0.39 is 0 Å². The Bertz CT molecular complexity index is 698. The molecule has 0 radical (unpaired) electrons. The number of hydrogen-bond acceptors (Lipinski definition) is 5. The number of hydrogen-bond donors (Lipinski definition) is 2. The zero-order valence-electron chi connectivity index (χ0n) is 14.0. The topological polar surface area (TPSA) is 76.1 Å². The average molecular weight is 349 g/mol. The monoisotopic (exact) mass is 348 g/mol. The van der Waals surface area contributed by atoms with Crippen molar-refractivity contribution in [3.63, 3.8) is 0 Å². The highest BCUT2D eigenvalue weighted by molar-refractivity contribution is 6.34. The molecule has 0 bridgehead atoms. The van der Waals surface area contributed by atoms with E-state index in [1.807, 2.05) is 26.0 Å². The predicted molar refractivity (Wildman–Crippen MR) is 95.9 cm³/mol. The fraction of sp³-hybridized carbons (Fsp3) is 0.353. The average Bonchev–Trinajstić information content (AvgIpc) is 2.55. The summed E-state index contributed by atoms with van der Waals surface area (Å²) in [6, 6.07) is 5.39. The van der Waals surface area contributed by atoms with E-state index in [2.05, 4.69) is 20.6 Å². The number of carbonyl (C=O) groups excluding carboxylic acids is 1. The van der Waals surface area contributed by atoms with Crippen molar-refractivity contribution >= 4 is 29.0 Å². The number of ether oxygens (including phenoxy) is 1. The van der Waals surface area contributed by atoms with Crippen LogP contribution in [0.4, 0.5) is 11.5 Å². The summed E-state index contributed by atoms with van der Waals surface area (Å²) < 4.78 is 4.99. The van der Waals surface area contributed by atoms with Crippen molar-refractivity contribution in [1.82, 2.24) is 9.97 Å². The largest absolute Gasteiger partial charge is 0.385 e. The fourth-order valence-electron chi connectivity index (χ4n) is 2.26. The molecule has 0 spiro atoms. The van der Waals surface area contributed by atoms with Crippen molar-refractivity contribution in [2.75, 3.05) is 30.9 Å². The zero-order valence-corrected chi connectivity index (χ0v) is 14.8. The Kier molecular flexibility index (Phi) is 6.52. The molecule has 0 aliphatic heterocycles. The molecule has 2 N–H and O–H groups in total. The molecule has 0 aliphatic carbocycles. The Labute approximate surface area is 146 Å². The summed E-state index contributed by atoms with van der Waals surface area (Å²) in [5.41, 5.74) is 2.82. The molecule has 7 heteroatoms. The third-order valence-corrected chi connectivity index (χ3v) is 3.70. The number of halogens is 1. The minimum atomic E-state index is -0.328. The van der Waals surface area contributed by atoms with Crippen LogP contribution in [0.3, 0.4) is 0 Å². The fourth-order valence-corrected chi connectivity index (χ4v) is 2.63. The Balaban J connectivity index is 2.07. The van der Waals surface area contributed by atoms with Gasteiger partial charge in [0.25, 0.3) is 5.91 Å². The summed E-state index contributed by atoms with van der Waals surface area (Å²) in [5, 5.41) is 6.46. The number of nitrogens with one attached hydrogen (secondary N) is 2. The molecule has 0 fully saturated rings. The Morgan fingerprint density at radius 3 is 2.75 bits per heavy atom. The van der Waals surface area contributed by atoms with Gasteiger partial charge in [0.1, 0.15) is 17.8 Å². The van der Waals surface area contributed by atoms with Crippen LogP contribution in [0.1, 0.15) is 28.0 Å². The van der Waals surface area contributed by atoms with Crippen molar-refractivity contribution in [3.05, 3.63) is 46.4 Å². The number of benzene rings is 1. The van der Waals surface area contributed by atoms with Crippen LogP contribution in [0.2, 0.25) is 5.02 Å². The number of nitrogens with zero attached hydrogens (tertiary/aromatic N) is 2. The first kappa shape index (κ1) is 18.2. The van der Waals surface area contributed by atoms with E-state index in [0.29, 0.717) is 29.7 Å². The molecule has 2 rings (SSSR count). The molecule has 0 saturated heterocycles. The predicted octanol–water partition coefficient (Wildman–Crippen LogP) is 3.45. The minimum Gasteiger partial charge on any atom is -0.385 e. The Morgan fingerprint density at radius 2 is 2.04 bits per heavy atom. The van der Waals surface area contributed by atoms with Crippen LogP contribution >= 0.6 is 11.6 Å². The molecule has 2 aromatic rings. The van der Waals surface area contributed by atoms with Gasteiger partial charge in [0.05, 0.1) is 10.7 Å². The highest BCUT2D eigenvalue weighted by atomic mass is 35.5. The van der Waals surface area contributed by atoms with Gasteiger partial charge in [-0.25, -0.2) is 9.97 Å². The minimum absolute atomic E-state index is 0.273. The van der Waals surface area contributed by atoms with Gasteiger partial charge in [-0.3, -0.25) is 4.79 Å². The molecule has 1 amide bonds. The summed E-state index contributed by atoms with van der Waals surface area (Å²) >= 11 is 6.22. The van der Waals surface area contributed by atoms with E-state index in [1.54, 1.807) is 13.2 Å². The van der Waals surface area contributed by atoms with Crippen LogP contribution in [0.5, 0.6) is 0 Å². The molecule has 128 valence electrons. The second-order valence-corrected chi connectivity index (χ2v) is 5.86. The second-order valence-electron chi connectivity index (χ2n) is 5.45. The number of aryl methyl sites for hydroxylation is 2. The van der Waals surface area contributed by atoms with Crippen LogP contribution in [-0.2, 0) is 4.74 Å². The number of methoxy groups -OCH3 is 1. The van der Waals surface area contributed by atoms with E-state index >= 15 is 0 Å². The number of amides is 1. The molecule has 1 aromatic heterocycles. The zero-order chi connectivity index (χ0) is 17.5. The highest BCUT2D eigenvalue weighted by Gasteiger charge is 2.13. The molecule has 24 heavy (non-hydrogen) atoms. The van der Waals surface area contributed by atoms with Gasteiger partial charge < -0.3 is 15.4 Å². The van der Waals surface area contributed by atoms with Gasteiger partial charge in [-0.1, -0.05) is 17.7 Å². The van der Waals surface area contributed by atoms with Gasteiger partial charge in [-0.2, -0.15) is 0 Å². The van der Waals surface area contributed by atoms with E-state index in [4.69, 9.17) is 16.3 Å². The Hall–Kier alpha value is -2.18. The number of rotatable bonds is 7. The van der Waals surface area contributed by atoms with E-state index in [0.717, 1.165) is 17.5 Å². The summed E-state index contributed by atoms with van der Waals surface area (Å²) in [6.45, 7) is 5.22. The molecule has 0 aliphatic rings. The lowest BCUT2D eigenvalue weighted by atomic mass is 10.1. The summed E-state index contributed by atoms with van der Waals surface area (Å²) in [6.07, 6.45) is 2.21. The standard InChI is InChI=1S/C17H21ClN4O2/c1-11-7-12(2)16(13(18)8-11)22-17(23)14-9-15(21-10-20-14)19-5-4-6-24-3/h7-10H,4-6H2,1-3H3,(H,22,23)(H,19,20,21).